The van der Waals surface area contributed by atoms with E-state index in [9.17, 15) is 9.59 Å². The second kappa shape index (κ2) is 7.99. The number of ether oxygens (including phenoxy) is 1. The second-order valence-corrected chi connectivity index (χ2v) is 6.83. The summed E-state index contributed by atoms with van der Waals surface area (Å²) in [5, 5.41) is 0.712. The molecule has 0 saturated carbocycles. The van der Waals surface area contributed by atoms with Gasteiger partial charge in [-0.1, -0.05) is 23.7 Å². The molecule has 0 aromatic heterocycles. The van der Waals surface area contributed by atoms with Crippen molar-refractivity contribution in [2.45, 2.75) is 19.3 Å². The van der Waals surface area contributed by atoms with Gasteiger partial charge in [0.2, 0.25) is 11.8 Å². The van der Waals surface area contributed by atoms with Crippen molar-refractivity contribution in [2.75, 3.05) is 39.4 Å². The quantitative estimate of drug-likeness (QED) is 0.834. The average Bonchev–Trinajstić information content (AvgIpc) is 2.62. The van der Waals surface area contributed by atoms with E-state index in [2.05, 4.69) is 0 Å². The van der Waals surface area contributed by atoms with Gasteiger partial charge in [-0.15, -0.1) is 0 Å². The van der Waals surface area contributed by atoms with Crippen molar-refractivity contribution in [3.8, 4) is 0 Å². The first-order valence-electron chi connectivity index (χ1n) is 8.52. The molecule has 1 atom stereocenters. The topological polar surface area (TPSA) is 49.9 Å². The molecule has 2 saturated heterocycles. The molecule has 2 fully saturated rings. The zero-order chi connectivity index (χ0) is 16.9. The van der Waals surface area contributed by atoms with Gasteiger partial charge in [0.05, 0.1) is 19.1 Å². The van der Waals surface area contributed by atoms with Gasteiger partial charge in [-0.05, 0) is 30.5 Å². The van der Waals surface area contributed by atoms with Gasteiger partial charge < -0.3 is 14.5 Å². The average molecular weight is 351 g/mol. The van der Waals surface area contributed by atoms with Gasteiger partial charge in [0.1, 0.15) is 0 Å². The molecule has 2 heterocycles. The fourth-order valence-electron chi connectivity index (χ4n) is 3.29. The fourth-order valence-corrected chi connectivity index (χ4v) is 3.42. The highest BCUT2D eigenvalue weighted by atomic mass is 35.5. The predicted molar refractivity (Wildman–Crippen MR) is 91.9 cm³/mol. The van der Waals surface area contributed by atoms with E-state index in [0.29, 0.717) is 57.3 Å². The molecule has 24 heavy (non-hydrogen) atoms. The lowest BCUT2D eigenvalue weighted by Crippen LogP contribution is -2.50. The van der Waals surface area contributed by atoms with Gasteiger partial charge in [0, 0.05) is 37.6 Å². The van der Waals surface area contributed by atoms with Gasteiger partial charge >= 0.3 is 0 Å². The van der Waals surface area contributed by atoms with Gasteiger partial charge in [-0.2, -0.15) is 0 Å². The Morgan fingerprint density at radius 1 is 1.21 bits per heavy atom. The summed E-state index contributed by atoms with van der Waals surface area (Å²) in [7, 11) is 0. The van der Waals surface area contributed by atoms with Crippen LogP contribution in [0.3, 0.4) is 0 Å². The fraction of sp³-hybridized carbons (Fsp3) is 0.556. The summed E-state index contributed by atoms with van der Waals surface area (Å²) in [5.74, 6) is 0.239. The van der Waals surface area contributed by atoms with Crippen LogP contribution in [-0.2, 0) is 20.7 Å². The number of nitrogens with zero attached hydrogens (tertiary/aromatic N) is 2. The zero-order valence-electron chi connectivity index (χ0n) is 13.7. The number of benzene rings is 1. The first kappa shape index (κ1) is 17.2. The summed E-state index contributed by atoms with van der Waals surface area (Å²) in [6.45, 7) is 3.72. The highest BCUT2D eigenvalue weighted by Crippen LogP contribution is 2.21. The Bertz CT molecular complexity index is 584. The second-order valence-electron chi connectivity index (χ2n) is 6.39. The smallest absolute Gasteiger partial charge is 0.227 e. The lowest BCUT2D eigenvalue weighted by molar-refractivity contribution is -0.145. The SMILES string of the molecule is O=C1CC[C@H](C(=O)N2CCOCC2)CN1CCc1ccc(Cl)cc1. The van der Waals surface area contributed by atoms with Crippen LogP contribution in [0.25, 0.3) is 0 Å². The minimum atomic E-state index is -0.0778. The third-order valence-electron chi connectivity index (χ3n) is 4.76. The molecular formula is C18H23ClN2O3. The minimum absolute atomic E-state index is 0.0778. The maximum absolute atomic E-state index is 12.6. The van der Waals surface area contributed by atoms with E-state index < -0.39 is 0 Å². The number of hydrogen-bond acceptors (Lipinski definition) is 3. The van der Waals surface area contributed by atoms with Crippen LogP contribution in [0.2, 0.25) is 5.02 Å². The van der Waals surface area contributed by atoms with Crippen LogP contribution < -0.4 is 0 Å². The lowest BCUT2D eigenvalue weighted by Gasteiger charge is -2.36. The van der Waals surface area contributed by atoms with Crippen molar-refractivity contribution in [2.24, 2.45) is 5.92 Å². The van der Waals surface area contributed by atoms with Crippen molar-refractivity contribution in [3.63, 3.8) is 0 Å². The molecule has 0 spiro atoms. The number of carbonyl (C=O) groups excluding carboxylic acids is 2. The molecule has 1 aromatic carbocycles. The van der Waals surface area contributed by atoms with Crippen LogP contribution in [0.4, 0.5) is 0 Å². The maximum Gasteiger partial charge on any atom is 0.227 e. The Morgan fingerprint density at radius 2 is 1.92 bits per heavy atom. The van der Waals surface area contributed by atoms with E-state index in [0.717, 1.165) is 12.0 Å². The van der Waals surface area contributed by atoms with Crippen LogP contribution in [-0.4, -0.2) is 61.0 Å². The van der Waals surface area contributed by atoms with E-state index in [1.165, 1.54) is 0 Å². The summed E-state index contributed by atoms with van der Waals surface area (Å²) >= 11 is 5.90. The number of rotatable bonds is 4. The molecule has 2 amide bonds. The van der Waals surface area contributed by atoms with E-state index >= 15 is 0 Å². The molecule has 1 aromatic rings. The number of hydrogen-bond donors (Lipinski definition) is 0. The van der Waals surface area contributed by atoms with Crippen LogP contribution in [0.15, 0.2) is 24.3 Å². The molecule has 0 radical (unpaired) electrons. The molecule has 6 heteroatoms. The summed E-state index contributed by atoms with van der Waals surface area (Å²) in [6.07, 6.45) is 1.90. The highest BCUT2D eigenvalue weighted by Gasteiger charge is 2.33. The van der Waals surface area contributed by atoms with E-state index in [-0.39, 0.29) is 17.7 Å². The first-order chi connectivity index (χ1) is 11.6. The van der Waals surface area contributed by atoms with Crippen molar-refractivity contribution in [3.05, 3.63) is 34.9 Å². The highest BCUT2D eigenvalue weighted by molar-refractivity contribution is 6.30. The third-order valence-corrected chi connectivity index (χ3v) is 5.01. The van der Waals surface area contributed by atoms with Gasteiger partial charge in [0.15, 0.2) is 0 Å². The van der Waals surface area contributed by atoms with Crippen LogP contribution >= 0.6 is 11.6 Å². The number of likely N-dealkylation sites (tertiary alicyclic amines) is 1. The molecule has 2 aliphatic heterocycles. The third kappa shape index (κ3) is 4.28. The molecule has 0 N–H and O–H groups in total. The Hall–Kier alpha value is -1.59. The van der Waals surface area contributed by atoms with Crippen molar-refractivity contribution in [1.29, 1.82) is 0 Å². The summed E-state index contributed by atoms with van der Waals surface area (Å²) in [5.41, 5.74) is 1.15. The van der Waals surface area contributed by atoms with Gasteiger partial charge in [-0.25, -0.2) is 0 Å². The lowest BCUT2D eigenvalue weighted by atomic mass is 9.95. The largest absolute Gasteiger partial charge is 0.378 e. The van der Waals surface area contributed by atoms with E-state index in [4.69, 9.17) is 16.3 Å². The standard InChI is InChI=1S/C18H23ClN2O3/c19-16-4-1-14(2-5-16)7-8-21-13-15(3-6-17(21)22)18(23)20-9-11-24-12-10-20/h1-2,4-5,15H,3,6-13H2/t15-/m0/s1. The van der Waals surface area contributed by atoms with Gasteiger partial charge in [-0.3, -0.25) is 9.59 Å². The normalized spacial score (nSPS) is 21.9. The van der Waals surface area contributed by atoms with E-state index in [1.54, 1.807) is 0 Å². The van der Waals surface area contributed by atoms with Crippen LogP contribution in [0.1, 0.15) is 18.4 Å². The zero-order valence-corrected chi connectivity index (χ0v) is 14.5. The number of piperidine rings is 1. The molecule has 0 unspecified atom stereocenters. The molecule has 5 nitrogen and oxygen atoms in total. The first-order valence-corrected chi connectivity index (χ1v) is 8.90. The molecule has 130 valence electrons. The minimum Gasteiger partial charge on any atom is -0.378 e. The Labute approximate surface area is 147 Å². The van der Waals surface area contributed by atoms with Crippen molar-refractivity contribution >= 4 is 23.4 Å². The number of carbonyl (C=O) groups is 2. The molecule has 0 aliphatic carbocycles. The number of halogens is 1. The monoisotopic (exact) mass is 350 g/mol. The Kier molecular flexibility index (Phi) is 5.74. The molecule has 3 rings (SSSR count). The maximum atomic E-state index is 12.6. The number of amides is 2. The van der Waals surface area contributed by atoms with Crippen molar-refractivity contribution in [1.82, 2.24) is 9.80 Å². The van der Waals surface area contributed by atoms with Crippen LogP contribution in [0.5, 0.6) is 0 Å². The molecular weight excluding hydrogens is 328 g/mol. The summed E-state index contributed by atoms with van der Waals surface area (Å²) < 4.78 is 5.30. The van der Waals surface area contributed by atoms with E-state index in [1.807, 2.05) is 34.1 Å². The van der Waals surface area contributed by atoms with Crippen molar-refractivity contribution < 1.29 is 14.3 Å². The summed E-state index contributed by atoms with van der Waals surface area (Å²) in [6, 6.07) is 7.68. The van der Waals surface area contributed by atoms with Crippen LogP contribution in [0, 0.1) is 5.92 Å². The Balaban J connectivity index is 1.55. The summed E-state index contributed by atoms with van der Waals surface area (Å²) in [4.78, 5) is 28.5. The number of morpholine rings is 1. The molecule has 2 aliphatic rings. The molecule has 0 bridgehead atoms. The Morgan fingerprint density at radius 3 is 2.62 bits per heavy atom. The van der Waals surface area contributed by atoms with Gasteiger partial charge in [0.25, 0.3) is 0 Å². The predicted octanol–water partition coefficient (Wildman–Crippen LogP) is 1.98.